The first-order valence-electron chi connectivity index (χ1n) is 12.6. The molecule has 1 aromatic heterocycles. The lowest BCUT2D eigenvalue weighted by Crippen LogP contribution is -2.45. The summed E-state index contributed by atoms with van der Waals surface area (Å²) >= 11 is 2.26. The Morgan fingerprint density at radius 2 is 1.73 bits per heavy atom. The lowest BCUT2D eigenvalue weighted by Gasteiger charge is -2.34. The number of nitrogens with zero attached hydrogens (tertiary/aromatic N) is 2. The SMILES string of the molecule is C[C@@H](CN1CCC(n2c(=O)[nH]c3cc(I)ccc32)CC1)NC(=O)c1ccc2ccccc2c1.O=C(O)C(F)(F)F. The van der Waals surface area contributed by atoms with Gasteiger partial charge in [0.1, 0.15) is 0 Å². The van der Waals surface area contributed by atoms with Crippen LogP contribution in [0.1, 0.15) is 36.2 Å². The molecule has 0 saturated carbocycles. The Balaban J connectivity index is 0.000000470. The molecule has 2 heterocycles. The number of alkyl halides is 3. The van der Waals surface area contributed by atoms with Crippen molar-refractivity contribution in [1.29, 1.82) is 0 Å². The van der Waals surface area contributed by atoms with E-state index in [9.17, 15) is 22.8 Å². The van der Waals surface area contributed by atoms with Crippen LogP contribution in [0.5, 0.6) is 0 Å². The number of carbonyl (C=O) groups is 2. The standard InChI is InChI=1S/C26H27IN4O2.C2HF3O2/c1-17(28-25(32)20-7-6-18-4-2-3-5-19(18)14-20)16-30-12-10-22(11-13-30)31-24-9-8-21(27)15-23(24)29-26(31)33;3-2(4,5)1(6)7/h2-9,14-15,17,22H,10-13,16H2,1H3,(H,28,32)(H,29,33);(H,6,7)/t17-;/m0./s1. The molecule has 1 saturated heterocycles. The van der Waals surface area contributed by atoms with Gasteiger partial charge in [0, 0.05) is 40.9 Å². The highest BCUT2D eigenvalue weighted by Gasteiger charge is 2.38. The molecule has 0 unspecified atom stereocenters. The number of benzene rings is 3. The van der Waals surface area contributed by atoms with Crippen LogP contribution in [0.25, 0.3) is 21.8 Å². The van der Waals surface area contributed by atoms with Gasteiger partial charge in [-0.05, 0) is 83.5 Å². The van der Waals surface area contributed by atoms with Crippen molar-refractivity contribution in [3.63, 3.8) is 0 Å². The lowest BCUT2D eigenvalue weighted by molar-refractivity contribution is -0.192. The Morgan fingerprint density at radius 1 is 1.07 bits per heavy atom. The number of aromatic nitrogens is 2. The number of amides is 1. The summed E-state index contributed by atoms with van der Waals surface area (Å²) < 4.78 is 34.8. The van der Waals surface area contributed by atoms with E-state index >= 15 is 0 Å². The average Bonchev–Trinajstić information content (AvgIpc) is 3.23. The van der Waals surface area contributed by atoms with Crippen molar-refractivity contribution < 1.29 is 27.9 Å². The number of imidazole rings is 1. The second-order valence-electron chi connectivity index (χ2n) is 9.73. The molecule has 0 aliphatic carbocycles. The van der Waals surface area contributed by atoms with E-state index in [1.165, 1.54) is 0 Å². The third-order valence-electron chi connectivity index (χ3n) is 6.76. The van der Waals surface area contributed by atoms with Gasteiger partial charge in [-0.25, -0.2) is 9.59 Å². The molecule has 0 spiro atoms. The van der Waals surface area contributed by atoms with Crippen LogP contribution < -0.4 is 11.0 Å². The first-order chi connectivity index (χ1) is 18.9. The Hall–Kier alpha value is -3.39. The molecule has 8 nitrogen and oxygen atoms in total. The highest BCUT2D eigenvalue weighted by atomic mass is 127. The summed E-state index contributed by atoms with van der Waals surface area (Å²) in [4.78, 5) is 39.6. The molecule has 1 atom stereocenters. The predicted octanol–water partition coefficient (Wildman–Crippen LogP) is 5.18. The summed E-state index contributed by atoms with van der Waals surface area (Å²) in [6, 6.07) is 20.2. The molecule has 0 radical (unpaired) electrons. The predicted molar refractivity (Wildman–Crippen MR) is 155 cm³/mol. The number of rotatable bonds is 5. The van der Waals surface area contributed by atoms with Crippen molar-refractivity contribution in [3.8, 4) is 0 Å². The number of H-pyrrole nitrogens is 1. The Bertz CT molecular complexity index is 1580. The number of carboxylic acid groups (broad SMARTS) is 1. The van der Waals surface area contributed by atoms with Gasteiger partial charge in [0.2, 0.25) is 0 Å². The first kappa shape index (κ1) is 29.6. The van der Waals surface area contributed by atoms with Gasteiger partial charge < -0.3 is 20.3 Å². The molecule has 1 aliphatic rings. The second kappa shape index (κ2) is 12.4. The van der Waals surface area contributed by atoms with E-state index in [-0.39, 0.29) is 23.7 Å². The molecular formula is C28H28F3IN4O4. The number of hydrogen-bond acceptors (Lipinski definition) is 4. The van der Waals surface area contributed by atoms with Crippen molar-refractivity contribution >= 4 is 56.3 Å². The number of aliphatic carboxylic acids is 1. The number of piperidine rings is 1. The molecule has 12 heteroatoms. The first-order valence-corrected chi connectivity index (χ1v) is 13.7. The smallest absolute Gasteiger partial charge is 0.475 e. The van der Waals surface area contributed by atoms with Crippen LogP contribution in [-0.4, -0.2) is 63.3 Å². The molecule has 212 valence electrons. The quantitative estimate of drug-likeness (QED) is 0.255. The Kier molecular flexibility index (Phi) is 9.19. The van der Waals surface area contributed by atoms with Gasteiger partial charge in [0.15, 0.2) is 0 Å². The summed E-state index contributed by atoms with van der Waals surface area (Å²) in [5, 5.41) is 12.5. The number of fused-ring (bicyclic) bond motifs is 2. The van der Waals surface area contributed by atoms with E-state index in [0.717, 1.165) is 57.9 Å². The highest BCUT2D eigenvalue weighted by molar-refractivity contribution is 14.1. The summed E-state index contributed by atoms with van der Waals surface area (Å²) in [6.07, 6.45) is -3.24. The highest BCUT2D eigenvalue weighted by Crippen LogP contribution is 2.26. The van der Waals surface area contributed by atoms with Crippen molar-refractivity contribution in [1.82, 2.24) is 19.8 Å². The zero-order valence-electron chi connectivity index (χ0n) is 21.5. The van der Waals surface area contributed by atoms with Crippen LogP contribution in [0.15, 0.2) is 65.5 Å². The maximum absolute atomic E-state index is 12.8. The molecule has 3 N–H and O–H groups in total. The molecule has 40 heavy (non-hydrogen) atoms. The number of aromatic amines is 1. The van der Waals surface area contributed by atoms with Crippen LogP contribution in [0, 0.1) is 3.57 Å². The van der Waals surface area contributed by atoms with Crippen molar-refractivity contribution in [2.75, 3.05) is 19.6 Å². The van der Waals surface area contributed by atoms with Crippen LogP contribution >= 0.6 is 22.6 Å². The van der Waals surface area contributed by atoms with Gasteiger partial charge in [0.25, 0.3) is 5.91 Å². The lowest BCUT2D eigenvalue weighted by atomic mass is 10.0. The molecule has 1 amide bonds. The van der Waals surface area contributed by atoms with Gasteiger partial charge in [-0.2, -0.15) is 13.2 Å². The minimum absolute atomic E-state index is 0.0264. The summed E-state index contributed by atoms with van der Waals surface area (Å²) in [7, 11) is 0. The fraction of sp³-hybridized carbons (Fsp3) is 0.321. The molecule has 1 aliphatic heterocycles. The monoisotopic (exact) mass is 668 g/mol. The van der Waals surface area contributed by atoms with Gasteiger partial charge >= 0.3 is 17.8 Å². The second-order valence-corrected chi connectivity index (χ2v) is 11.0. The third kappa shape index (κ3) is 7.22. The number of likely N-dealkylation sites (tertiary alicyclic amines) is 1. The summed E-state index contributed by atoms with van der Waals surface area (Å²) in [6.45, 7) is 4.67. The minimum Gasteiger partial charge on any atom is -0.475 e. The van der Waals surface area contributed by atoms with Crippen molar-refractivity contribution in [2.45, 2.75) is 38.0 Å². The van der Waals surface area contributed by atoms with E-state index in [1.54, 1.807) is 0 Å². The van der Waals surface area contributed by atoms with Crippen LogP contribution in [-0.2, 0) is 4.79 Å². The van der Waals surface area contributed by atoms with Crippen molar-refractivity contribution in [3.05, 3.63) is 80.3 Å². The maximum Gasteiger partial charge on any atom is 0.490 e. The van der Waals surface area contributed by atoms with E-state index in [4.69, 9.17) is 9.90 Å². The van der Waals surface area contributed by atoms with Crippen LogP contribution in [0.4, 0.5) is 13.2 Å². The van der Waals surface area contributed by atoms with Gasteiger partial charge in [-0.15, -0.1) is 0 Å². The summed E-state index contributed by atoms with van der Waals surface area (Å²) in [5.41, 5.74) is 2.54. The van der Waals surface area contributed by atoms with E-state index in [1.807, 2.05) is 65.2 Å². The third-order valence-corrected chi connectivity index (χ3v) is 7.44. The zero-order chi connectivity index (χ0) is 29.0. The van der Waals surface area contributed by atoms with E-state index < -0.39 is 12.1 Å². The summed E-state index contributed by atoms with van der Waals surface area (Å²) in [5.74, 6) is -2.80. The molecule has 4 aromatic rings. The van der Waals surface area contributed by atoms with E-state index in [0.29, 0.717) is 5.56 Å². The number of hydrogen-bond donors (Lipinski definition) is 3. The molecule has 5 rings (SSSR count). The zero-order valence-corrected chi connectivity index (χ0v) is 23.7. The largest absolute Gasteiger partial charge is 0.490 e. The van der Waals surface area contributed by atoms with E-state index in [2.05, 4.69) is 44.7 Å². The topological polar surface area (TPSA) is 107 Å². The number of carboxylic acids is 1. The minimum atomic E-state index is -5.08. The van der Waals surface area contributed by atoms with Crippen molar-refractivity contribution in [2.24, 2.45) is 0 Å². The van der Waals surface area contributed by atoms with Gasteiger partial charge in [-0.1, -0.05) is 30.3 Å². The maximum atomic E-state index is 12.8. The fourth-order valence-corrected chi connectivity index (χ4v) is 5.39. The fourth-order valence-electron chi connectivity index (χ4n) is 4.90. The van der Waals surface area contributed by atoms with Gasteiger partial charge in [0.05, 0.1) is 11.0 Å². The molecule has 0 bridgehead atoms. The normalized spacial score (nSPS) is 15.4. The van der Waals surface area contributed by atoms with Crippen LogP contribution in [0.2, 0.25) is 0 Å². The Labute approximate surface area is 241 Å². The Morgan fingerprint density at radius 3 is 2.38 bits per heavy atom. The number of carbonyl (C=O) groups excluding carboxylic acids is 1. The van der Waals surface area contributed by atoms with Gasteiger partial charge in [-0.3, -0.25) is 9.36 Å². The van der Waals surface area contributed by atoms with Crippen LogP contribution in [0.3, 0.4) is 0 Å². The molecular weight excluding hydrogens is 640 g/mol. The molecule has 3 aromatic carbocycles. The number of halogens is 4. The number of nitrogens with one attached hydrogen (secondary N) is 2. The molecule has 1 fully saturated rings. The average molecular weight is 668 g/mol.